The molecule has 1 aromatic rings. The number of aliphatic hydroxyl groups is 1. The molecular weight excluding hydrogens is 331 g/mol. The summed E-state index contributed by atoms with van der Waals surface area (Å²) in [5.74, 6) is -2.72. The summed E-state index contributed by atoms with van der Waals surface area (Å²) in [5.41, 5.74) is 5.65. The van der Waals surface area contributed by atoms with Gasteiger partial charge in [0.2, 0.25) is 5.91 Å². The van der Waals surface area contributed by atoms with Gasteiger partial charge in [0.05, 0.1) is 22.9 Å². The molecule has 0 aliphatic carbocycles. The second-order valence-electron chi connectivity index (χ2n) is 5.41. The standard InChI is InChI=1S/C14H14N2O5S.Na.H/c1-5(17)10-7-4-6(8-2-3-9(22-8)12(15)18)11(14(20)21)16(7)13(10)19;;/h2-3,5,7,10,17H,4H2,1H3,(H2,15,18)(H,20,21);;/q;+1;-1/t5-,7-,10-;;/m1../s1. The fourth-order valence-electron chi connectivity index (χ4n) is 3.12. The van der Waals surface area contributed by atoms with Crippen molar-refractivity contribution >= 4 is 34.7 Å². The minimum absolute atomic E-state index is 0. The van der Waals surface area contributed by atoms with Crippen LogP contribution in [0.1, 0.15) is 29.3 Å². The van der Waals surface area contributed by atoms with Gasteiger partial charge in [-0.2, -0.15) is 0 Å². The number of aliphatic carboxylic acids is 1. The average molecular weight is 346 g/mol. The predicted octanol–water partition coefficient (Wildman–Crippen LogP) is -2.63. The van der Waals surface area contributed by atoms with Crippen LogP contribution >= 0.6 is 11.3 Å². The van der Waals surface area contributed by atoms with E-state index in [4.69, 9.17) is 5.73 Å². The van der Waals surface area contributed by atoms with E-state index in [1.54, 1.807) is 12.1 Å². The van der Waals surface area contributed by atoms with E-state index in [9.17, 15) is 24.6 Å². The van der Waals surface area contributed by atoms with Crippen molar-refractivity contribution in [2.45, 2.75) is 25.5 Å². The van der Waals surface area contributed by atoms with Gasteiger partial charge in [0.1, 0.15) is 5.70 Å². The number of carboxylic acids is 1. The van der Waals surface area contributed by atoms with Gasteiger partial charge in [0.15, 0.2) is 0 Å². The molecule has 1 aromatic heterocycles. The van der Waals surface area contributed by atoms with Crippen molar-refractivity contribution in [2.24, 2.45) is 11.7 Å². The summed E-state index contributed by atoms with van der Waals surface area (Å²) in [4.78, 5) is 37.0. The monoisotopic (exact) mass is 346 g/mol. The number of carbonyl (C=O) groups is 3. The molecule has 4 N–H and O–H groups in total. The van der Waals surface area contributed by atoms with Gasteiger partial charge in [-0.05, 0) is 25.5 Å². The number of carboxylic acid groups (broad SMARTS) is 1. The predicted molar refractivity (Wildman–Crippen MR) is 78.9 cm³/mol. The van der Waals surface area contributed by atoms with E-state index < -0.39 is 23.9 Å². The zero-order valence-electron chi connectivity index (χ0n) is 13.6. The van der Waals surface area contributed by atoms with Crippen LogP contribution in [0.15, 0.2) is 17.8 Å². The van der Waals surface area contributed by atoms with Crippen LogP contribution in [-0.4, -0.2) is 45.0 Å². The molecule has 118 valence electrons. The second kappa shape index (κ2) is 6.37. The summed E-state index contributed by atoms with van der Waals surface area (Å²) < 4.78 is 0. The minimum atomic E-state index is -1.19. The van der Waals surface area contributed by atoms with Crippen molar-refractivity contribution in [2.75, 3.05) is 0 Å². The van der Waals surface area contributed by atoms with Gasteiger partial charge in [-0.25, -0.2) is 4.79 Å². The summed E-state index contributed by atoms with van der Waals surface area (Å²) in [6, 6.07) is 2.84. The van der Waals surface area contributed by atoms with Gasteiger partial charge in [-0.1, -0.05) is 0 Å². The van der Waals surface area contributed by atoms with Crippen LogP contribution in [0.4, 0.5) is 0 Å². The number of rotatable bonds is 4. The third-order valence-corrected chi connectivity index (χ3v) is 5.24. The summed E-state index contributed by atoms with van der Waals surface area (Å²) in [6.07, 6.45) is -0.477. The number of aliphatic hydroxyl groups excluding tert-OH is 1. The number of primary amides is 1. The van der Waals surface area contributed by atoms with Crippen molar-refractivity contribution in [3.05, 3.63) is 27.6 Å². The van der Waals surface area contributed by atoms with Gasteiger partial charge < -0.3 is 22.3 Å². The van der Waals surface area contributed by atoms with E-state index in [0.717, 1.165) is 11.3 Å². The molecule has 3 heterocycles. The van der Waals surface area contributed by atoms with Crippen LogP contribution in [-0.2, 0) is 9.59 Å². The van der Waals surface area contributed by atoms with E-state index in [2.05, 4.69) is 0 Å². The van der Waals surface area contributed by atoms with E-state index in [-0.39, 0.29) is 48.6 Å². The molecule has 23 heavy (non-hydrogen) atoms. The first-order valence-electron chi connectivity index (χ1n) is 6.70. The van der Waals surface area contributed by atoms with Crippen molar-refractivity contribution < 1.29 is 55.6 Å². The first kappa shape index (κ1) is 18.2. The smallest absolute Gasteiger partial charge is 1.00 e. The molecule has 2 amide bonds. The number of nitrogens with two attached hydrogens (primary N) is 1. The molecule has 0 saturated carbocycles. The summed E-state index contributed by atoms with van der Waals surface area (Å²) in [7, 11) is 0. The number of fused-ring (bicyclic) bond motifs is 1. The summed E-state index contributed by atoms with van der Waals surface area (Å²) in [5, 5.41) is 19.1. The van der Waals surface area contributed by atoms with Crippen LogP contribution in [0.2, 0.25) is 0 Å². The number of hydrogen-bond donors (Lipinski definition) is 3. The first-order valence-corrected chi connectivity index (χ1v) is 7.52. The van der Waals surface area contributed by atoms with Crippen LogP contribution in [0.5, 0.6) is 0 Å². The van der Waals surface area contributed by atoms with Gasteiger partial charge in [-0.3, -0.25) is 9.59 Å². The Morgan fingerprint density at radius 1 is 1.48 bits per heavy atom. The molecule has 3 atom stereocenters. The number of nitrogens with zero attached hydrogens (tertiary/aromatic N) is 1. The third kappa shape index (κ3) is 2.74. The maximum Gasteiger partial charge on any atom is 1.00 e. The zero-order valence-corrected chi connectivity index (χ0v) is 15.5. The number of β-lactam (4-membered cyclic amide) rings is 1. The molecule has 2 aliphatic rings. The van der Waals surface area contributed by atoms with Crippen LogP contribution in [0, 0.1) is 5.92 Å². The number of thiophene rings is 1. The molecule has 9 heteroatoms. The van der Waals surface area contributed by atoms with Gasteiger partial charge in [0.25, 0.3) is 5.91 Å². The van der Waals surface area contributed by atoms with Crippen LogP contribution < -0.4 is 35.3 Å². The van der Waals surface area contributed by atoms with Crippen molar-refractivity contribution in [3.8, 4) is 0 Å². The normalized spacial score (nSPS) is 23.9. The maximum atomic E-state index is 12.1. The Bertz CT molecular complexity index is 733. The molecule has 2 aliphatic heterocycles. The van der Waals surface area contributed by atoms with Crippen molar-refractivity contribution in [1.82, 2.24) is 4.90 Å². The summed E-state index contributed by atoms with van der Waals surface area (Å²) in [6.45, 7) is 1.52. The maximum absolute atomic E-state index is 12.1. The van der Waals surface area contributed by atoms with Gasteiger partial charge >= 0.3 is 35.5 Å². The Hall–Kier alpha value is -1.19. The SMILES string of the molecule is C[C@@H](O)[C@H]1C(=O)N2C(C(=O)O)=C(c3ccc(C(N)=O)s3)C[C@H]12.[H-].[Na+]. The number of carbonyl (C=O) groups excluding carboxylic acids is 2. The largest absolute Gasteiger partial charge is 1.00 e. The van der Waals surface area contributed by atoms with Crippen molar-refractivity contribution in [1.29, 1.82) is 0 Å². The first-order chi connectivity index (χ1) is 10.3. The third-order valence-electron chi connectivity index (χ3n) is 4.08. The van der Waals surface area contributed by atoms with Gasteiger partial charge in [0, 0.05) is 10.5 Å². The molecule has 3 rings (SSSR count). The Labute approximate surface area is 159 Å². The van der Waals surface area contributed by atoms with Crippen LogP contribution in [0.3, 0.4) is 0 Å². The Kier molecular flexibility index (Phi) is 5.03. The molecule has 0 radical (unpaired) electrons. The average Bonchev–Trinajstić information content (AvgIpc) is 2.99. The van der Waals surface area contributed by atoms with E-state index in [1.165, 1.54) is 11.8 Å². The molecule has 0 unspecified atom stereocenters. The molecule has 0 spiro atoms. The van der Waals surface area contributed by atoms with Gasteiger partial charge in [-0.15, -0.1) is 11.3 Å². The van der Waals surface area contributed by atoms with Crippen LogP contribution in [0.25, 0.3) is 5.57 Å². The summed E-state index contributed by atoms with van der Waals surface area (Å²) >= 11 is 1.11. The quantitative estimate of drug-likeness (QED) is 0.407. The fourth-order valence-corrected chi connectivity index (χ4v) is 4.04. The van der Waals surface area contributed by atoms with E-state index >= 15 is 0 Å². The number of hydrogen-bond acceptors (Lipinski definition) is 5. The molecule has 1 fully saturated rings. The Balaban J connectivity index is 0.00000144. The zero-order chi connectivity index (χ0) is 16.2. The molecule has 7 nitrogen and oxygen atoms in total. The molecule has 0 aromatic carbocycles. The molecular formula is C14H15N2NaO5S. The number of amides is 2. The Morgan fingerprint density at radius 2 is 2.13 bits per heavy atom. The second-order valence-corrected chi connectivity index (χ2v) is 6.49. The minimum Gasteiger partial charge on any atom is -1.00 e. The van der Waals surface area contributed by atoms with Crippen molar-refractivity contribution in [3.63, 3.8) is 0 Å². The topological polar surface area (TPSA) is 121 Å². The van der Waals surface area contributed by atoms with E-state index in [1.807, 2.05) is 0 Å². The molecule has 0 bridgehead atoms. The molecule has 1 saturated heterocycles. The Morgan fingerprint density at radius 3 is 2.61 bits per heavy atom. The van der Waals surface area contributed by atoms with E-state index in [0.29, 0.717) is 21.7 Å². The fraction of sp³-hybridized carbons (Fsp3) is 0.357.